The summed E-state index contributed by atoms with van der Waals surface area (Å²) >= 11 is 9.56. The largest absolute Gasteiger partial charge is 0.489 e. The molecule has 2 aromatic carbocycles. The van der Waals surface area contributed by atoms with E-state index >= 15 is 0 Å². The number of hydrogen-bond acceptors (Lipinski definition) is 1. The van der Waals surface area contributed by atoms with E-state index in [-0.39, 0.29) is 0 Å². The maximum Gasteiger partial charge on any atom is 0.120 e. The standard InChI is InChI=1S/C16H16BrClO/c1-11(2)12-4-3-5-15(8-12)19-10-13-6-7-14(17)9-16(13)18/h3-9,11H,10H2,1-2H3. The van der Waals surface area contributed by atoms with E-state index in [2.05, 4.69) is 41.9 Å². The lowest BCUT2D eigenvalue weighted by molar-refractivity contribution is 0.306. The van der Waals surface area contributed by atoms with Crippen LogP contribution < -0.4 is 4.74 Å². The summed E-state index contributed by atoms with van der Waals surface area (Å²) in [6.07, 6.45) is 0. The molecule has 0 fully saturated rings. The molecule has 0 atom stereocenters. The Kier molecular flexibility index (Phi) is 4.89. The van der Waals surface area contributed by atoms with Crippen molar-refractivity contribution >= 4 is 27.5 Å². The van der Waals surface area contributed by atoms with Crippen LogP contribution in [-0.4, -0.2) is 0 Å². The zero-order valence-corrected chi connectivity index (χ0v) is 13.3. The quantitative estimate of drug-likeness (QED) is 0.683. The lowest BCUT2D eigenvalue weighted by Crippen LogP contribution is -1.97. The Hall–Kier alpha value is -0.990. The smallest absolute Gasteiger partial charge is 0.120 e. The third-order valence-electron chi connectivity index (χ3n) is 2.93. The minimum absolute atomic E-state index is 0.480. The second kappa shape index (κ2) is 6.44. The van der Waals surface area contributed by atoms with Crippen LogP contribution in [0.5, 0.6) is 5.75 Å². The van der Waals surface area contributed by atoms with E-state index < -0.39 is 0 Å². The van der Waals surface area contributed by atoms with Gasteiger partial charge in [-0.1, -0.05) is 59.6 Å². The van der Waals surface area contributed by atoms with E-state index in [1.54, 1.807) is 0 Å². The molecule has 0 aromatic heterocycles. The second-order valence-electron chi connectivity index (χ2n) is 4.75. The van der Waals surface area contributed by atoms with Crippen LogP contribution in [0.15, 0.2) is 46.9 Å². The molecule has 2 aromatic rings. The average molecular weight is 340 g/mol. The van der Waals surface area contributed by atoms with Crippen LogP contribution in [0.2, 0.25) is 5.02 Å². The van der Waals surface area contributed by atoms with Crippen molar-refractivity contribution in [1.29, 1.82) is 0 Å². The average Bonchev–Trinajstić information content (AvgIpc) is 2.38. The van der Waals surface area contributed by atoms with Crippen LogP contribution >= 0.6 is 27.5 Å². The van der Waals surface area contributed by atoms with E-state index in [1.807, 2.05) is 30.3 Å². The van der Waals surface area contributed by atoms with E-state index in [4.69, 9.17) is 16.3 Å². The molecule has 1 nitrogen and oxygen atoms in total. The number of halogens is 2. The molecule has 0 saturated heterocycles. The summed E-state index contributed by atoms with van der Waals surface area (Å²) in [4.78, 5) is 0. The minimum Gasteiger partial charge on any atom is -0.489 e. The van der Waals surface area contributed by atoms with E-state index in [9.17, 15) is 0 Å². The van der Waals surface area contributed by atoms with E-state index in [1.165, 1.54) is 5.56 Å². The molecule has 0 unspecified atom stereocenters. The van der Waals surface area contributed by atoms with Gasteiger partial charge in [0.2, 0.25) is 0 Å². The van der Waals surface area contributed by atoms with E-state index in [0.29, 0.717) is 12.5 Å². The van der Waals surface area contributed by atoms with Crippen LogP contribution in [0.25, 0.3) is 0 Å². The lowest BCUT2D eigenvalue weighted by atomic mass is 10.0. The number of benzene rings is 2. The normalized spacial score (nSPS) is 10.8. The van der Waals surface area contributed by atoms with Crippen molar-refractivity contribution in [2.75, 3.05) is 0 Å². The zero-order valence-electron chi connectivity index (χ0n) is 11.0. The van der Waals surface area contributed by atoms with Crippen LogP contribution in [0, 0.1) is 0 Å². The van der Waals surface area contributed by atoms with Gasteiger partial charge in [0.15, 0.2) is 0 Å². The Labute approximate surface area is 127 Å². The molecule has 19 heavy (non-hydrogen) atoms. The Balaban J connectivity index is 2.08. The first-order valence-electron chi connectivity index (χ1n) is 6.23. The molecule has 2 rings (SSSR count). The monoisotopic (exact) mass is 338 g/mol. The minimum atomic E-state index is 0.480. The van der Waals surface area contributed by atoms with Crippen molar-refractivity contribution in [2.45, 2.75) is 26.4 Å². The first-order chi connectivity index (χ1) is 9.06. The van der Waals surface area contributed by atoms with Gasteiger partial charge in [0.05, 0.1) is 0 Å². The Morgan fingerprint density at radius 2 is 1.95 bits per heavy atom. The van der Waals surface area contributed by atoms with Crippen LogP contribution in [0.3, 0.4) is 0 Å². The van der Waals surface area contributed by atoms with Crippen LogP contribution in [0.1, 0.15) is 30.9 Å². The molecular weight excluding hydrogens is 324 g/mol. The fraction of sp³-hybridized carbons (Fsp3) is 0.250. The highest BCUT2D eigenvalue weighted by molar-refractivity contribution is 9.10. The molecule has 0 aliphatic heterocycles. The molecule has 100 valence electrons. The summed E-state index contributed by atoms with van der Waals surface area (Å²) < 4.78 is 6.78. The first kappa shape index (κ1) is 14.4. The second-order valence-corrected chi connectivity index (χ2v) is 6.07. The molecule has 0 bridgehead atoms. The number of ether oxygens (including phenoxy) is 1. The molecule has 3 heteroatoms. The third-order valence-corrected chi connectivity index (χ3v) is 3.78. The molecule has 0 heterocycles. The highest BCUT2D eigenvalue weighted by Crippen LogP contribution is 2.24. The maximum absolute atomic E-state index is 6.17. The highest BCUT2D eigenvalue weighted by atomic mass is 79.9. The summed E-state index contributed by atoms with van der Waals surface area (Å²) in [5, 5.41) is 0.717. The molecule has 0 saturated carbocycles. The summed E-state index contributed by atoms with van der Waals surface area (Å²) in [7, 11) is 0. The van der Waals surface area contributed by atoms with Crippen molar-refractivity contribution < 1.29 is 4.74 Å². The lowest BCUT2D eigenvalue weighted by Gasteiger charge is -2.11. The predicted octanol–water partition coefficient (Wildman–Crippen LogP) is 5.80. The van der Waals surface area contributed by atoms with Crippen molar-refractivity contribution in [3.8, 4) is 5.75 Å². The van der Waals surface area contributed by atoms with E-state index in [0.717, 1.165) is 20.8 Å². The van der Waals surface area contributed by atoms with Crippen molar-refractivity contribution in [1.82, 2.24) is 0 Å². The molecule has 0 aliphatic carbocycles. The van der Waals surface area contributed by atoms with Gasteiger partial charge in [-0.2, -0.15) is 0 Å². The Bertz CT molecular complexity index is 566. The van der Waals surface area contributed by atoms with Gasteiger partial charge in [-0.3, -0.25) is 0 Å². The van der Waals surface area contributed by atoms with Crippen molar-refractivity contribution in [2.24, 2.45) is 0 Å². The van der Waals surface area contributed by atoms with Gasteiger partial charge in [-0.05, 0) is 35.7 Å². The van der Waals surface area contributed by atoms with Gasteiger partial charge in [0.1, 0.15) is 12.4 Å². The molecule has 0 amide bonds. The SMILES string of the molecule is CC(C)c1cccc(OCc2ccc(Br)cc2Cl)c1. The van der Waals surface area contributed by atoms with Crippen molar-refractivity contribution in [3.05, 3.63) is 63.1 Å². The van der Waals surface area contributed by atoms with Gasteiger partial charge in [-0.25, -0.2) is 0 Å². The maximum atomic E-state index is 6.17. The molecular formula is C16H16BrClO. The van der Waals surface area contributed by atoms with Gasteiger partial charge in [-0.15, -0.1) is 0 Å². The summed E-state index contributed by atoms with van der Waals surface area (Å²) in [5.74, 6) is 1.38. The zero-order chi connectivity index (χ0) is 13.8. The molecule has 0 aliphatic rings. The Morgan fingerprint density at radius 1 is 1.16 bits per heavy atom. The van der Waals surface area contributed by atoms with Gasteiger partial charge in [0.25, 0.3) is 0 Å². The van der Waals surface area contributed by atoms with Crippen molar-refractivity contribution in [3.63, 3.8) is 0 Å². The van der Waals surface area contributed by atoms with Gasteiger partial charge >= 0.3 is 0 Å². The number of hydrogen-bond donors (Lipinski definition) is 0. The fourth-order valence-electron chi connectivity index (χ4n) is 1.76. The molecule has 0 radical (unpaired) electrons. The summed E-state index contributed by atoms with van der Waals surface area (Å²) in [6, 6.07) is 14.0. The van der Waals surface area contributed by atoms with Gasteiger partial charge < -0.3 is 4.74 Å². The highest BCUT2D eigenvalue weighted by Gasteiger charge is 2.04. The molecule has 0 N–H and O–H groups in total. The topological polar surface area (TPSA) is 9.23 Å². The predicted molar refractivity (Wildman–Crippen MR) is 84.0 cm³/mol. The van der Waals surface area contributed by atoms with Crippen LogP contribution in [-0.2, 0) is 6.61 Å². The Morgan fingerprint density at radius 3 is 2.63 bits per heavy atom. The van der Waals surface area contributed by atoms with Gasteiger partial charge in [0, 0.05) is 15.1 Å². The fourth-order valence-corrected chi connectivity index (χ4v) is 2.49. The first-order valence-corrected chi connectivity index (χ1v) is 7.40. The molecule has 0 spiro atoms. The summed E-state index contributed by atoms with van der Waals surface area (Å²) in [6.45, 7) is 4.82. The van der Waals surface area contributed by atoms with Crippen LogP contribution in [0.4, 0.5) is 0 Å². The summed E-state index contributed by atoms with van der Waals surface area (Å²) in [5.41, 5.74) is 2.26. The number of rotatable bonds is 4. The third kappa shape index (κ3) is 3.99.